The SMILES string of the molecule is CC1(OC2OC(CO)C(O)C(O)C2O)CC(O)C2C=COC(OC3OC(CO)C(O)C(O)C3O)C21. The van der Waals surface area contributed by atoms with Gasteiger partial charge in [0.15, 0.2) is 12.6 Å². The lowest BCUT2D eigenvalue weighted by molar-refractivity contribution is -0.361. The number of hydrogen-bond donors (Lipinski definition) is 9. The Morgan fingerprint density at radius 3 is 1.89 bits per heavy atom. The van der Waals surface area contributed by atoms with Gasteiger partial charge in [0.1, 0.15) is 48.8 Å². The fraction of sp³-hybridized carbons (Fsp3) is 0.905. The van der Waals surface area contributed by atoms with Crippen molar-refractivity contribution in [2.45, 2.75) is 92.8 Å². The summed E-state index contributed by atoms with van der Waals surface area (Å²) in [5.41, 5.74) is -1.32. The second-order valence-electron chi connectivity index (χ2n) is 9.67. The van der Waals surface area contributed by atoms with E-state index in [0.717, 1.165) is 0 Å². The van der Waals surface area contributed by atoms with Crippen molar-refractivity contribution in [3.63, 3.8) is 0 Å². The monoisotopic (exact) mass is 510 g/mol. The Morgan fingerprint density at radius 2 is 1.31 bits per heavy atom. The summed E-state index contributed by atoms with van der Waals surface area (Å²) in [6.07, 6.45) is -14.6. The van der Waals surface area contributed by atoms with Crippen molar-refractivity contribution >= 4 is 0 Å². The molecule has 1 saturated carbocycles. The van der Waals surface area contributed by atoms with E-state index in [1.807, 2.05) is 0 Å². The van der Waals surface area contributed by atoms with Crippen LogP contribution in [0.25, 0.3) is 0 Å². The number of fused-ring (bicyclic) bond motifs is 1. The molecule has 4 rings (SSSR count). The van der Waals surface area contributed by atoms with Crippen LogP contribution in [0.5, 0.6) is 0 Å². The zero-order chi connectivity index (χ0) is 25.7. The van der Waals surface area contributed by atoms with E-state index in [9.17, 15) is 46.0 Å². The molecule has 202 valence electrons. The van der Waals surface area contributed by atoms with E-state index in [0.29, 0.717) is 0 Å². The summed E-state index contributed by atoms with van der Waals surface area (Å²) < 4.78 is 28.3. The number of hydrogen-bond acceptors (Lipinski definition) is 14. The summed E-state index contributed by atoms with van der Waals surface area (Å²) in [5.74, 6) is -1.37. The van der Waals surface area contributed by atoms with Gasteiger partial charge in [-0.05, 0) is 13.0 Å². The van der Waals surface area contributed by atoms with Crippen molar-refractivity contribution in [1.29, 1.82) is 0 Å². The van der Waals surface area contributed by atoms with Gasteiger partial charge in [-0.1, -0.05) is 0 Å². The molecule has 14 nitrogen and oxygen atoms in total. The van der Waals surface area contributed by atoms with Crippen molar-refractivity contribution in [3.8, 4) is 0 Å². The minimum absolute atomic E-state index is 0.0135. The fourth-order valence-electron chi connectivity index (χ4n) is 5.33. The fourth-order valence-corrected chi connectivity index (χ4v) is 5.33. The van der Waals surface area contributed by atoms with Crippen LogP contribution in [0.1, 0.15) is 13.3 Å². The Balaban J connectivity index is 1.55. The molecule has 15 unspecified atom stereocenters. The quantitative estimate of drug-likeness (QED) is 0.163. The summed E-state index contributed by atoms with van der Waals surface area (Å²) in [7, 11) is 0. The molecule has 14 heteroatoms. The molecule has 15 atom stereocenters. The minimum atomic E-state index is -1.69. The topological polar surface area (TPSA) is 228 Å². The minimum Gasteiger partial charge on any atom is -0.472 e. The summed E-state index contributed by atoms with van der Waals surface area (Å²) in [6.45, 7) is 0.290. The van der Waals surface area contributed by atoms with Gasteiger partial charge < -0.3 is 69.6 Å². The van der Waals surface area contributed by atoms with Gasteiger partial charge in [-0.3, -0.25) is 0 Å². The number of ether oxygens (including phenoxy) is 5. The van der Waals surface area contributed by atoms with Gasteiger partial charge in [0.25, 0.3) is 0 Å². The normalized spacial score (nSPS) is 54.3. The zero-order valence-electron chi connectivity index (χ0n) is 18.9. The third-order valence-electron chi connectivity index (χ3n) is 7.34. The standard InChI is InChI=1S/C21H34O14/c1-21(35-20-17(30)15(28)13(26)10(6-23)33-20)4-8(24)7-2-3-31-18(11(7)21)34-19-16(29)14(27)12(25)9(5-22)32-19/h2-3,7-20,22-30H,4-6H2,1H3. The maximum atomic E-state index is 10.7. The highest BCUT2D eigenvalue weighted by Crippen LogP contribution is 2.50. The molecular formula is C21H34O14. The molecule has 3 heterocycles. The van der Waals surface area contributed by atoms with Crippen LogP contribution in [-0.2, 0) is 23.7 Å². The maximum Gasteiger partial charge on any atom is 0.207 e. The van der Waals surface area contributed by atoms with Crippen molar-refractivity contribution in [2.75, 3.05) is 13.2 Å². The number of aliphatic hydroxyl groups is 9. The van der Waals surface area contributed by atoms with Crippen molar-refractivity contribution < 1.29 is 69.6 Å². The summed E-state index contributed by atoms with van der Waals surface area (Å²) in [5, 5.41) is 90.6. The van der Waals surface area contributed by atoms with Crippen LogP contribution < -0.4 is 0 Å². The van der Waals surface area contributed by atoms with Crippen LogP contribution in [0.2, 0.25) is 0 Å². The Kier molecular flexibility index (Phi) is 8.05. The second-order valence-corrected chi connectivity index (χ2v) is 9.67. The first kappa shape index (κ1) is 27.1. The highest BCUT2D eigenvalue weighted by molar-refractivity contribution is 5.11. The van der Waals surface area contributed by atoms with Crippen LogP contribution in [0, 0.1) is 11.8 Å². The molecule has 3 aliphatic heterocycles. The average Bonchev–Trinajstić information content (AvgIpc) is 3.10. The molecule has 9 N–H and O–H groups in total. The van der Waals surface area contributed by atoms with Gasteiger partial charge in [0.05, 0.1) is 37.1 Å². The van der Waals surface area contributed by atoms with Crippen molar-refractivity contribution in [2.24, 2.45) is 11.8 Å². The molecule has 3 fully saturated rings. The molecule has 0 bridgehead atoms. The van der Waals surface area contributed by atoms with Crippen LogP contribution in [-0.4, -0.2) is 139 Å². The molecule has 0 radical (unpaired) electrons. The lowest BCUT2D eigenvalue weighted by atomic mass is 9.84. The first-order valence-electron chi connectivity index (χ1n) is 11.5. The lowest BCUT2D eigenvalue weighted by Crippen LogP contribution is -2.62. The van der Waals surface area contributed by atoms with Gasteiger partial charge in [-0.15, -0.1) is 0 Å². The van der Waals surface area contributed by atoms with E-state index in [1.165, 1.54) is 6.26 Å². The van der Waals surface area contributed by atoms with Gasteiger partial charge >= 0.3 is 0 Å². The van der Waals surface area contributed by atoms with E-state index in [1.54, 1.807) is 13.0 Å². The molecule has 0 aromatic carbocycles. The van der Waals surface area contributed by atoms with E-state index in [2.05, 4.69) is 0 Å². The molecule has 0 spiro atoms. The van der Waals surface area contributed by atoms with E-state index < -0.39 is 104 Å². The molecular weight excluding hydrogens is 476 g/mol. The molecule has 35 heavy (non-hydrogen) atoms. The third kappa shape index (κ3) is 4.84. The van der Waals surface area contributed by atoms with E-state index in [-0.39, 0.29) is 6.42 Å². The predicted molar refractivity (Wildman–Crippen MR) is 110 cm³/mol. The Morgan fingerprint density at radius 1 is 0.771 bits per heavy atom. The predicted octanol–water partition coefficient (Wildman–Crippen LogP) is -4.75. The Hall–Kier alpha value is -0.980. The molecule has 0 aromatic rings. The highest BCUT2D eigenvalue weighted by Gasteiger charge is 2.60. The summed E-state index contributed by atoms with van der Waals surface area (Å²) in [4.78, 5) is 0. The molecule has 0 amide bonds. The molecule has 4 aliphatic rings. The average molecular weight is 510 g/mol. The number of aliphatic hydroxyl groups excluding tert-OH is 9. The highest BCUT2D eigenvalue weighted by atomic mass is 16.8. The van der Waals surface area contributed by atoms with Crippen LogP contribution >= 0.6 is 0 Å². The Labute approximate surface area is 200 Å². The smallest absolute Gasteiger partial charge is 0.207 e. The van der Waals surface area contributed by atoms with Crippen LogP contribution in [0.3, 0.4) is 0 Å². The second kappa shape index (κ2) is 10.4. The summed E-state index contributed by atoms with van der Waals surface area (Å²) >= 11 is 0. The Bertz CT molecular complexity index is 750. The van der Waals surface area contributed by atoms with Gasteiger partial charge in [0.2, 0.25) is 6.29 Å². The zero-order valence-corrected chi connectivity index (χ0v) is 18.9. The first-order valence-corrected chi connectivity index (χ1v) is 11.5. The maximum absolute atomic E-state index is 10.7. The van der Waals surface area contributed by atoms with Crippen molar-refractivity contribution in [1.82, 2.24) is 0 Å². The molecule has 1 aliphatic carbocycles. The summed E-state index contributed by atoms with van der Waals surface area (Å²) in [6, 6.07) is 0. The van der Waals surface area contributed by atoms with E-state index in [4.69, 9.17) is 23.7 Å². The molecule has 0 aromatic heterocycles. The van der Waals surface area contributed by atoms with Crippen molar-refractivity contribution in [3.05, 3.63) is 12.3 Å². The first-order chi connectivity index (χ1) is 16.5. The third-order valence-corrected chi connectivity index (χ3v) is 7.34. The van der Waals surface area contributed by atoms with Crippen LogP contribution in [0.4, 0.5) is 0 Å². The number of rotatable bonds is 6. The van der Waals surface area contributed by atoms with Gasteiger partial charge in [0, 0.05) is 12.3 Å². The largest absolute Gasteiger partial charge is 0.472 e. The van der Waals surface area contributed by atoms with Gasteiger partial charge in [-0.2, -0.15) is 0 Å². The molecule has 2 saturated heterocycles. The van der Waals surface area contributed by atoms with Crippen LogP contribution in [0.15, 0.2) is 12.3 Å². The lowest BCUT2D eigenvalue weighted by Gasteiger charge is -2.47. The van der Waals surface area contributed by atoms with Gasteiger partial charge in [-0.25, -0.2) is 0 Å². The van der Waals surface area contributed by atoms with E-state index >= 15 is 0 Å².